The molecule has 0 spiro atoms. The van der Waals surface area contributed by atoms with Gasteiger partial charge in [0, 0.05) is 36.2 Å². The van der Waals surface area contributed by atoms with Crippen LogP contribution in [-0.4, -0.2) is 52.5 Å². The predicted octanol–water partition coefficient (Wildman–Crippen LogP) is 4.79. The maximum Gasteiger partial charge on any atom is 0.387 e. The molecule has 11 heteroatoms. The Morgan fingerprint density at radius 3 is 2.47 bits per heavy atom. The second-order valence-electron chi connectivity index (χ2n) is 9.77. The number of ether oxygens (including phenoxy) is 1. The molecule has 3 rings (SSSR count). The smallest absolute Gasteiger partial charge is 0.387 e. The Hall–Kier alpha value is -3.08. The number of aliphatic carboxylic acids is 1. The summed E-state index contributed by atoms with van der Waals surface area (Å²) in [5, 5.41) is 12.0. The number of aromatic nitrogens is 1. The van der Waals surface area contributed by atoms with Gasteiger partial charge in [-0.25, -0.2) is 4.98 Å². The van der Waals surface area contributed by atoms with E-state index in [1.165, 1.54) is 31.0 Å². The summed E-state index contributed by atoms with van der Waals surface area (Å²) in [5.41, 5.74) is -0.859. The van der Waals surface area contributed by atoms with Gasteiger partial charge < -0.3 is 20.1 Å². The zero-order chi connectivity index (χ0) is 26.8. The number of nitrogens with zero attached hydrogens (tertiary/aromatic N) is 2. The van der Waals surface area contributed by atoms with Crippen LogP contribution in [0.4, 0.5) is 14.6 Å². The fraction of sp³-hybridized carbons (Fsp3) is 0.440. The molecule has 194 valence electrons. The molecule has 2 amide bonds. The molecular formula is C25H28BrF2N3O5. The van der Waals surface area contributed by atoms with Gasteiger partial charge in [-0.05, 0) is 46.8 Å². The lowest BCUT2D eigenvalue weighted by molar-refractivity contribution is -0.155. The Morgan fingerprint density at radius 2 is 1.89 bits per heavy atom. The first-order valence-corrected chi connectivity index (χ1v) is 12.1. The number of anilines is 1. The quantitative estimate of drug-likeness (QED) is 0.451. The van der Waals surface area contributed by atoms with Gasteiger partial charge in [0.25, 0.3) is 0 Å². The van der Waals surface area contributed by atoms with Crippen molar-refractivity contribution in [3.05, 3.63) is 52.1 Å². The molecule has 8 nitrogen and oxygen atoms in total. The summed E-state index contributed by atoms with van der Waals surface area (Å²) in [6.07, 6.45) is 1.11. The zero-order valence-corrected chi connectivity index (χ0v) is 21.9. The van der Waals surface area contributed by atoms with Crippen LogP contribution in [-0.2, 0) is 19.8 Å². The van der Waals surface area contributed by atoms with Crippen molar-refractivity contribution in [1.29, 1.82) is 0 Å². The fourth-order valence-electron chi connectivity index (χ4n) is 4.15. The van der Waals surface area contributed by atoms with Gasteiger partial charge in [-0.2, -0.15) is 8.78 Å². The molecule has 0 saturated carbocycles. The SMILES string of the molecule is CC(C)c1ccccc1C1(C(=O)Nc2ncc(Br)cc2OC(F)F)CN(C(=O)CC(C)(C)C(=O)O)C1. The van der Waals surface area contributed by atoms with Crippen molar-refractivity contribution in [3.8, 4) is 5.75 Å². The lowest BCUT2D eigenvalue weighted by Crippen LogP contribution is -2.67. The molecular weight excluding hydrogens is 540 g/mol. The van der Waals surface area contributed by atoms with Crippen molar-refractivity contribution in [2.24, 2.45) is 5.41 Å². The molecule has 0 radical (unpaired) electrons. The molecule has 0 bridgehead atoms. The van der Waals surface area contributed by atoms with Crippen molar-refractivity contribution in [2.75, 3.05) is 18.4 Å². The number of benzene rings is 1. The average Bonchev–Trinajstić information content (AvgIpc) is 2.74. The highest BCUT2D eigenvalue weighted by atomic mass is 79.9. The minimum Gasteiger partial charge on any atom is -0.481 e. The highest BCUT2D eigenvalue weighted by Crippen LogP contribution is 2.41. The third-order valence-corrected chi connectivity index (χ3v) is 6.68. The monoisotopic (exact) mass is 567 g/mol. The van der Waals surface area contributed by atoms with E-state index in [-0.39, 0.29) is 37.0 Å². The molecule has 1 aromatic carbocycles. The number of alkyl halides is 2. The summed E-state index contributed by atoms with van der Waals surface area (Å²) in [7, 11) is 0. The Labute approximate surface area is 216 Å². The molecule has 0 atom stereocenters. The summed E-state index contributed by atoms with van der Waals surface area (Å²) < 4.78 is 30.8. The van der Waals surface area contributed by atoms with Crippen LogP contribution < -0.4 is 10.1 Å². The molecule has 2 aromatic rings. The summed E-state index contributed by atoms with van der Waals surface area (Å²) in [6.45, 7) is 3.76. The van der Waals surface area contributed by atoms with Crippen LogP contribution >= 0.6 is 15.9 Å². The number of carbonyl (C=O) groups excluding carboxylic acids is 2. The minimum absolute atomic E-state index is 0.00132. The van der Waals surface area contributed by atoms with Gasteiger partial charge in [-0.1, -0.05) is 38.1 Å². The molecule has 2 N–H and O–H groups in total. The van der Waals surface area contributed by atoms with E-state index < -0.39 is 35.2 Å². The third kappa shape index (κ3) is 5.66. The summed E-state index contributed by atoms with van der Waals surface area (Å²) in [5.74, 6) is -2.46. The van der Waals surface area contributed by atoms with Crippen molar-refractivity contribution in [2.45, 2.75) is 52.1 Å². The number of hydrogen-bond donors (Lipinski definition) is 2. The van der Waals surface area contributed by atoms with Crippen LogP contribution in [0.15, 0.2) is 41.0 Å². The van der Waals surface area contributed by atoms with E-state index in [1.807, 2.05) is 32.0 Å². The third-order valence-electron chi connectivity index (χ3n) is 6.25. The van der Waals surface area contributed by atoms with Crippen LogP contribution in [0.5, 0.6) is 5.75 Å². The lowest BCUT2D eigenvalue weighted by Gasteiger charge is -2.50. The Morgan fingerprint density at radius 1 is 1.25 bits per heavy atom. The lowest BCUT2D eigenvalue weighted by atomic mass is 9.69. The number of halogens is 3. The number of hydrogen-bond acceptors (Lipinski definition) is 5. The number of carboxylic acids is 1. The van der Waals surface area contributed by atoms with Gasteiger partial charge in [0.1, 0.15) is 5.41 Å². The van der Waals surface area contributed by atoms with Crippen molar-refractivity contribution < 1.29 is 33.0 Å². The number of nitrogens with one attached hydrogen (secondary N) is 1. The highest BCUT2D eigenvalue weighted by Gasteiger charge is 2.54. The molecule has 1 saturated heterocycles. The minimum atomic E-state index is -3.12. The summed E-state index contributed by atoms with van der Waals surface area (Å²) in [4.78, 5) is 43.6. The van der Waals surface area contributed by atoms with E-state index in [9.17, 15) is 28.3 Å². The van der Waals surface area contributed by atoms with Crippen LogP contribution in [0, 0.1) is 5.41 Å². The van der Waals surface area contributed by atoms with Crippen LogP contribution in [0.3, 0.4) is 0 Å². The Kier molecular flexibility index (Phi) is 8.02. The van der Waals surface area contributed by atoms with Gasteiger partial charge >= 0.3 is 12.6 Å². The van der Waals surface area contributed by atoms with E-state index in [0.29, 0.717) is 10.0 Å². The molecule has 2 heterocycles. The first kappa shape index (κ1) is 27.5. The van der Waals surface area contributed by atoms with E-state index in [2.05, 4.69) is 31.0 Å². The molecule has 1 aliphatic heterocycles. The number of rotatable bonds is 9. The number of carbonyl (C=O) groups is 3. The van der Waals surface area contributed by atoms with E-state index in [4.69, 9.17) is 0 Å². The van der Waals surface area contributed by atoms with E-state index in [1.54, 1.807) is 6.07 Å². The maximum atomic E-state index is 13.7. The first-order chi connectivity index (χ1) is 16.8. The molecule has 1 aromatic heterocycles. The predicted molar refractivity (Wildman–Crippen MR) is 132 cm³/mol. The van der Waals surface area contributed by atoms with Gasteiger partial charge in [0.15, 0.2) is 11.6 Å². The van der Waals surface area contributed by atoms with Crippen LogP contribution in [0.1, 0.15) is 51.2 Å². The number of likely N-dealkylation sites (tertiary alicyclic amines) is 1. The second-order valence-corrected chi connectivity index (χ2v) is 10.7. The topological polar surface area (TPSA) is 109 Å². The first-order valence-electron chi connectivity index (χ1n) is 11.3. The van der Waals surface area contributed by atoms with E-state index in [0.717, 1.165) is 5.56 Å². The van der Waals surface area contributed by atoms with Gasteiger partial charge in [-0.3, -0.25) is 14.4 Å². The maximum absolute atomic E-state index is 13.7. The normalized spacial score (nSPS) is 15.0. The average molecular weight is 568 g/mol. The summed E-state index contributed by atoms with van der Waals surface area (Å²) >= 11 is 3.15. The number of carboxylic acid groups (broad SMARTS) is 1. The largest absolute Gasteiger partial charge is 0.481 e. The van der Waals surface area contributed by atoms with Gasteiger partial charge in [-0.15, -0.1) is 0 Å². The molecule has 0 aliphatic carbocycles. The van der Waals surface area contributed by atoms with Crippen molar-refractivity contribution in [3.63, 3.8) is 0 Å². The van der Waals surface area contributed by atoms with Crippen LogP contribution in [0.2, 0.25) is 0 Å². The Balaban J connectivity index is 1.96. The molecule has 1 aliphatic rings. The molecule has 36 heavy (non-hydrogen) atoms. The molecule has 0 unspecified atom stereocenters. The molecule has 1 fully saturated rings. The van der Waals surface area contributed by atoms with Gasteiger partial charge in [0.05, 0.1) is 5.41 Å². The summed E-state index contributed by atoms with van der Waals surface area (Å²) in [6, 6.07) is 8.62. The van der Waals surface area contributed by atoms with Crippen molar-refractivity contribution >= 4 is 39.5 Å². The number of pyridine rings is 1. The second kappa shape index (κ2) is 10.5. The van der Waals surface area contributed by atoms with Crippen molar-refractivity contribution in [1.82, 2.24) is 9.88 Å². The highest BCUT2D eigenvalue weighted by molar-refractivity contribution is 9.10. The van der Waals surface area contributed by atoms with Gasteiger partial charge in [0.2, 0.25) is 11.8 Å². The Bertz CT molecular complexity index is 1170. The number of amides is 2. The van der Waals surface area contributed by atoms with Crippen LogP contribution in [0.25, 0.3) is 0 Å². The fourth-order valence-corrected chi connectivity index (χ4v) is 4.46. The van der Waals surface area contributed by atoms with E-state index >= 15 is 0 Å². The zero-order valence-electron chi connectivity index (χ0n) is 20.3. The standard InChI is InChI=1S/C25H28BrF2N3O5/c1-14(2)16-7-5-6-8-17(16)25(12-31(13-25)19(32)10-24(3,4)22(34)35)21(33)30-20-18(36-23(27)28)9-15(26)11-29-20/h5-9,11,14,23H,10,12-13H2,1-4H3,(H,34,35)(H,29,30,33).